The molecule has 1 aromatic carbocycles. The summed E-state index contributed by atoms with van der Waals surface area (Å²) in [4.78, 5) is 33.4. The van der Waals surface area contributed by atoms with Crippen molar-refractivity contribution in [1.82, 2.24) is 14.8 Å². The molecule has 0 aliphatic carbocycles. The van der Waals surface area contributed by atoms with Gasteiger partial charge in [0.2, 0.25) is 5.91 Å². The van der Waals surface area contributed by atoms with E-state index in [-0.39, 0.29) is 23.8 Å². The summed E-state index contributed by atoms with van der Waals surface area (Å²) >= 11 is 0. The first-order valence-corrected chi connectivity index (χ1v) is 8.10. The topological polar surface area (TPSA) is 53.3 Å². The number of Topliss-reactive ketones (excluding diaryl/α,β-unsaturated/α-hetero) is 1. The fourth-order valence-electron chi connectivity index (χ4n) is 3.72. The molecule has 3 atom stereocenters. The molecule has 1 amide bonds. The lowest BCUT2D eigenvalue weighted by atomic mass is 10.0. The molecule has 5 nitrogen and oxygen atoms in total. The smallest absolute Gasteiger partial charge is 0.243 e. The molecule has 2 aliphatic heterocycles. The van der Waals surface area contributed by atoms with E-state index >= 15 is 0 Å². The van der Waals surface area contributed by atoms with Gasteiger partial charge in [-0.1, -0.05) is 30.3 Å². The number of pyridine rings is 1. The Morgan fingerprint density at radius 1 is 1.17 bits per heavy atom. The zero-order valence-corrected chi connectivity index (χ0v) is 13.7. The summed E-state index contributed by atoms with van der Waals surface area (Å²) in [7, 11) is 0. The van der Waals surface area contributed by atoms with Crippen molar-refractivity contribution in [1.29, 1.82) is 0 Å². The zero-order chi connectivity index (χ0) is 16.9. The van der Waals surface area contributed by atoms with E-state index in [0.717, 1.165) is 5.56 Å². The number of fused-ring (bicyclic) bond motifs is 1. The lowest BCUT2D eigenvalue weighted by molar-refractivity contribution is -0.133. The van der Waals surface area contributed by atoms with E-state index in [4.69, 9.17) is 0 Å². The van der Waals surface area contributed by atoms with Crippen LogP contribution in [-0.4, -0.2) is 44.2 Å². The van der Waals surface area contributed by atoms with E-state index in [1.54, 1.807) is 24.5 Å². The van der Waals surface area contributed by atoms with Crippen LogP contribution in [0, 0.1) is 0 Å². The first kappa shape index (κ1) is 15.0. The lowest BCUT2D eigenvalue weighted by Gasteiger charge is -2.36. The second kappa shape index (κ2) is 5.24. The van der Waals surface area contributed by atoms with Crippen LogP contribution >= 0.6 is 0 Å². The van der Waals surface area contributed by atoms with Gasteiger partial charge < -0.3 is 4.90 Å². The van der Waals surface area contributed by atoms with Gasteiger partial charge in [0, 0.05) is 24.5 Å². The average molecular weight is 321 g/mol. The molecule has 2 saturated heterocycles. The molecule has 2 aliphatic rings. The Balaban J connectivity index is 1.55. The van der Waals surface area contributed by atoms with Crippen LogP contribution in [0.15, 0.2) is 54.9 Å². The highest BCUT2D eigenvalue weighted by molar-refractivity contribution is 6.08. The summed E-state index contributed by atoms with van der Waals surface area (Å²) in [5.74, 6) is 0.0139. The van der Waals surface area contributed by atoms with Gasteiger partial charge in [-0.25, -0.2) is 0 Å². The largest absolute Gasteiger partial charge is 0.319 e. The van der Waals surface area contributed by atoms with Crippen molar-refractivity contribution in [2.45, 2.75) is 38.1 Å². The predicted octanol–water partition coefficient (Wildman–Crippen LogP) is 2.10. The number of nitrogens with zero attached hydrogens (tertiary/aromatic N) is 3. The van der Waals surface area contributed by atoms with Gasteiger partial charge in [-0.15, -0.1) is 0 Å². The number of ketones is 1. The average Bonchev–Trinajstić information content (AvgIpc) is 3.32. The maximum absolute atomic E-state index is 12.8. The molecule has 122 valence electrons. The highest BCUT2D eigenvalue weighted by atomic mass is 16.2. The fourth-order valence-corrected chi connectivity index (χ4v) is 3.72. The van der Waals surface area contributed by atoms with Gasteiger partial charge in [0.05, 0.1) is 5.66 Å². The van der Waals surface area contributed by atoms with Gasteiger partial charge in [-0.05, 0) is 31.5 Å². The van der Waals surface area contributed by atoms with Gasteiger partial charge in [-0.3, -0.25) is 19.5 Å². The summed E-state index contributed by atoms with van der Waals surface area (Å²) in [5, 5.41) is 0. The van der Waals surface area contributed by atoms with Crippen molar-refractivity contribution < 1.29 is 9.59 Å². The molecule has 0 spiro atoms. The maximum atomic E-state index is 12.8. The van der Waals surface area contributed by atoms with E-state index in [1.165, 1.54) is 0 Å². The zero-order valence-electron chi connectivity index (χ0n) is 13.7. The van der Waals surface area contributed by atoms with Crippen LogP contribution in [0.4, 0.5) is 0 Å². The van der Waals surface area contributed by atoms with Crippen LogP contribution in [0.1, 0.15) is 29.8 Å². The molecule has 0 saturated carbocycles. The Hall–Kier alpha value is -2.53. The van der Waals surface area contributed by atoms with Crippen LogP contribution in [0.25, 0.3) is 0 Å². The van der Waals surface area contributed by atoms with Crippen molar-refractivity contribution in [2.75, 3.05) is 0 Å². The van der Waals surface area contributed by atoms with Crippen LogP contribution in [0.5, 0.6) is 0 Å². The molecule has 2 aromatic rings. The second-order valence-corrected chi connectivity index (χ2v) is 6.81. The normalized spacial score (nSPS) is 27.0. The molecule has 2 fully saturated rings. The summed E-state index contributed by atoms with van der Waals surface area (Å²) in [6, 6.07) is 12.7. The SMILES string of the molecule is CC1(C)N(Cc2ccccc2)C(=O)[C@@H]2[C@H](C(=O)c3cccnc3)N21. The quantitative estimate of drug-likeness (QED) is 0.639. The van der Waals surface area contributed by atoms with E-state index in [2.05, 4.69) is 4.98 Å². The molecule has 0 radical (unpaired) electrons. The number of benzene rings is 1. The number of amides is 1. The molecule has 24 heavy (non-hydrogen) atoms. The highest BCUT2D eigenvalue weighted by Gasteiger charge is 2.70. The maximum Gasteiger partial charge on any atom is 0.243 e. The first-order chi connectivity index (χ1) is 11.5. The molecule has 0 bridgehead atoms. The van der Waals surface area contributed by atoms with Crippen molar-refractivity contribution in [3.05, 3.63) is 66.0 Å². The lowest BCUT2D eigenvalue weighted by Crippen LogP contribution is -2.49. The molecular weight excluding hydrogens is 302 g/mol. The Morgan fingerprint density at radius 2 is 1.92 bits per heavy atom. The van der Waals surface area contributed by atoms with Crippen LogP contribution in [-0.2, 0) is 11.3 Å². The molecule has 1 aromatic heterocycles. The number of rotatable bonds is 4. The summed E-state index contributed by atoms with van der Waals surface area (Å²) in [5.41, 5.74) is 1.19. The number of carbonyl (C=O) groups is 2. The van der Waals surface area contributed by atoms with E-state index in [0.29, 0.717) is 12.1 Å². The Kier molecular flexibility index (Phi) is 3.28. The minimum atomic E-state index is -0.472. The second-order valence-electron chi connectivity index (χ2n) is 6.81. The third-order valence-electron chi connectivity index (χ3n) is 5.02. The predicted molar refractivity (Wildman–Crippen MR) is 89.1 cm³/mol. The Labute approximate surface area is 140 Å². The summed E-state index contributed by atoms with van der Waals surface area (Å²) in [6.07, 6.45) is 3.21. The number of hydrogen-bond acceptors (Lipinski definition) is 4. The molecule has 4 rings (SSSR count). The first-order valence-electron chi connectivity index (χ1n) is 8.10. The van der Waals surface area contributed by atoms with Gasteiger partial charge in [0.15, 0.2) is 5.78 Å². The van der Waals surface area contributed by atoms with Crippen molar-refractivity contribution >= 4 is 11.7 Å². The van der Waals surface area contributed by atoms with Crippen LogP contribution in [0.3, 0.4) is 0 Å². The molecule has 3 heterocycles. The minimum absolute atomic E-state index is 0.0195. The van der Waals surface area contributed by atoms with E-state index in [1.807, 2.05) is 54.0 Å². The molecule has 0 N–H and O–H groups in total. The van der Waals surface area contributed by atoms with Gasteiger partial charge in [0.1, 0.15) is 12.1 Å². The Morgan fingerprint density at radius 3 is 2.50 bits per heavy atom. The number of aromatic nitrogens is 1. The van der Waals surface area contributed by atoms with Crippen molar-refractivity contribution in [3.63, 3.8) is 0 Å². The molecule has 5 heteroatoms. The monoisotopic (exact) mass is 321 g/mol. The van der Waals surface area contributed by atoms with Crippen LogP contribution < -0.4 is 0 Å². The fraction of sp³-hybridized carbons (Fsp3) is 0.316. The number of hydrogen-bond donors (Lipinski definition) is 0. The Bertz CT molecular complexity index is 789. The highest BCUT2D eigenvalue weighted by Crippen LogP contribution is 2.48. The third kappa shape index (κ3) is 2.16. The summed E-state index contributed by atoms with van der Waals surface area (Å²) in [6.45, 7) is 4.57. The summed E-state index contributed by atoms with van der Waals surface area (Å²) < 4.78 is 0. The number of carbonyl (C=O) groups excluding carboxylic acids is 2. The minimum Gasteiger partial charge on any atom is -0.319 e. The van der Waals surface area contributed by atoms with Gasteiger partial charge in [0.25, 0.3) is 0 Å². The molecule has 1 unspecified atom stereocenters. The van der Waals surface area contributed by atoms with Crippen molar-refractivity contribution in [2.24, 2.45) is 0 Å². The van der Waals surface area contributed by atoms with E-state index < -0.39 is 5.66 Å². The van der Waals surface area contributed by atoms with Gasteiger partial charge >= 0.3 is 0 Å². The van der Waals surface area contributed by atoms with Crippen molar-refractivity contribution in [3.8, 4) is 0 Å². The molecular formula is C19H19N3O2. The standard InChI is InChI=1S/C19H19N3O2/c1-19(2)21(12-13-7-4-3-5-8-13)18(24)16-15(22(16)19)17(23)14-9-6-10-20-11-14/h3-11,15-16H,12H2,1-2H3/t15-,16+,22?/m1/s1. The third-order valence-corrected chi connectivity index (χ3v) is 5.02. The van der Waals surface area contributed by atoms with Gasteiger partial charge in [-0.2, -0.15) is 0 Å². The van der Waals surface area contributed by atoms with E-state index in [9.17, 15) is 9.59 Å². The van der Waals surface area contributed by atoms with Crippen LogP contribution in [0.2, 0.25) is 0 Å².